The fourth-order valence-electron chi connectivity index (χ4n) is 1.55. The molecule has 0 N–H and O–H groups in total. The van der Waals surface area contributed by atoms with E-state index in [0.29, 0.717) is 5.54 Å². The molecular formula is C10H22N. The van der Waals surface area contributed by atoms with Crippen LogP contribution in [0.3, 0.4) is 0 Å². The van der Waals surface area contributed by atoms with Gasteiger partial charge in [0, 0.05) is 5.54 Å². The van der Waals surface area contributed by atoms with Crippen molar-refractivity contribution in [3.05, 3.63) is 6.92 Å². The molecule has 0 aliphatic rings. The first-order valence-electron chi connectivity index (χ1n) is 4.68. The van der Waals surface area contributed by atoms with Gasteiger partial charge < -0.3 is 0 Å². The smallest absolute Gasteiger partial charge is 0.0178 e. The summed E-state index contributed by atoms with van der Waals surface area (Å²) in [4.78, 5) is 2.49. The predicted octanol–water partition coefficient (Wildman–Crippen LogP) is 2.72. The highest BCUT2D eigenvalue weighted by Crippen LogP contribution is 2.21. The minimum Gasteiger partial charge on any atom is -0.298 e. The summed E-state index contributed by atoms with van der Waals surface area (Å²) in [6.45, 7) is 15.2. The maximum Gasteiger partial charge on any atom is 0.0178 e. The van der Waals surface area contributed by atoms with Gasteiger partial charge in [0.15, 0.2) is 0 Å². The fourth-order valence-corrected chi connectivity index (χ4v) is 1.55. The Balaban J connectivity index is 4.19. The van der Waals surface area contributed by atoms with Crippen molar-refractivity contribution in [3.8, 4) is 0 Å². The Morgan fingerprint density at radius 1 is 1.18 bits per heavy atom. The van der Waals surface area contributed by atoms with E-state index in [-0.39, 0.29) is 0 Å². The molecule has 0 heterocycles. The van der Waals surface area contributed by atoms with Gasteiger partial charge in [-0.05, 0) is 32.9 Å². The van der Waals surface area contributed by atoms with Crippen LogP contribution in [0.25, 0.3) is 0 Å². The third-order valence-electron chi connectivity index (χ3n) is 2.83. The molecule has 0 bridgehead atoms. The van der Waals surface area contributed by atoms with Crippen LogP contribution in [-0.4, -0.2) is 23.5 Å². The summed E-state index contributed by atoms with van der Waals surface area (Å²) < 4.78 is 0. The van der Waals surface area contributed by atoms with E-state index in [4.69, 9.17) is 0 Å². The molecule has 1 unspecified atom stereocenters. The lowest BCUT2D eigenvalue weighted by atomic mass is 9.93. The van der Waals surface area contributed by atoms with Crippen LogP contribution in [0, 0.1) is 6.92 Å². The molecule has 0 aliphatic heterocycles. The van der Waals surface area contributed by atoms with E-state index in [9.17, 15) is 0 Å². The van der Waals surface area contributed by atoms with E-state index < -0.39 is 0 Å². The number of hydrogen-bond donors (Lipinski definition) is 0. The fraction of sp³-hybridized carbons (Fsp3) is 0.900. The molecule has 0 saturated heterocycles. The zero-order valence-electron chi connectivity index (χ0n) is 8.48. The van der Waals surface area contributed by atoms with Gasteiger partial charge in [0.05, 0.1) is 0 Å². The maximum absolute atomic E-state index is 4.00. The van der Waals surface area contributed by atoms with Crippen molar-refractivity contribution in [1.82, 2.24) is 4.90 Å². The summed E-state index contributed by atoms with van der Waals surface area (Å²) in [5.74, 6) is 0. The molecule has 1 nitrogen and oxygen atoms in total. The van der Waals surface area contributed by atoms with E-state index in [1.165, 1.54) is 6.42 Å². The Hall–Kier alpha value is -0.0400. The van der Waals surface area contributed by atoms with Gasteiger partial charge in [0.1, 0.15) is 0 Å². The number of rotatable bonds is 5. The molecule has 1 heteroatoms. The van der Waals surface area contributed by atoms with Gasteiger partial charge in [0.25, 0.3) is 0 Å². The molecule has 0 saturated carbocycles. The third-order valence-corrected chi connectivity index (χ3v) is 2.83. The van der Waals surface area contributed by atoms with Gasteiger partial charge in [-0.1, -0.05) is 27.7 Å². The quantitative estimate of drug-likeness (QED) is 0.591. The number of nitrogens with zero attached hydrogens (tertiary/aromatic N) is 1. The van der Waals surface area contributed by atoms with Gasteiger partial charge in [-0.3, -0.25) is 4.90 Å². The normalized spacial score (nSPS) is 12.5. The standard InChI is InChI=1S/C10H22N/c1-6-10(5,7-2)11(8-3)9-4/h1,6-9H2,2-5H3. The summed E-state index contributed by atoms with van der Waals surface area (Å²) >= 11 is 0. The lowest BCUT2D eigenvalue weighted by Crippen LogP contribution is -2.45. The van der Waals surface area contributed by atoms with Gasteiger partial charge in [-0.15, -0.1) is 0 Å². The van der Waals surface area contributed by atoms with E-state index in [2.05, 4.69) is 39.5 Å². The van der Waals surface area contributed by atoms with E-state index in [1.807, 2.05) is 0 Å². The van der Waals surface area contributed by atoms with Crippen LogP contribution in [0.2, 0.25) is 0 Å². The molecule has 1 atom stereocenters. The van der Waals surface area contributed by atoms with Crippen molar-refractivity contribution in [2.45, 2.75) is 46.1 Å². The van der Waals surface area contributed by atoms with Crippen LogP contribution >= 0.6 is 0 Å². The Labute approximate surface area is 71.8 Å². The SMILES string of the molecule is [CH2]CC(C)(CC)N(CC)CC. The van der Waals surface area contributed by atoms with E-state index in [0.717, 1.165) is 19.5 Å². The van der Waals surface area contributed by atoms with Crippen LogP contribution in [-0.2, 0) is 0 Å². The highest BCUT2D eigenvalue weighted by atomic mass is 15.2. The molecular weight excluding hydrogens is 134 g/mol. The molecule has 0 rings (SSSR count). The molecule has 0 aromatic rings. The van der Waals surface area contributed by atoms with Crippen molar-refractivity contribution in [2.75, 3.05) is 13.1 Å². The topological polar surface area (TPSA) is 3.24 Å². The second kappa shape index (κ2) is 4.76. The first-order chi connectivity index (χ1) is 5.14. The summed E-state index contributed by atoms with van der Waals surface area (Å²) in [7, 11) is 0. The van der Waals surface area contributed by atoms with E-state index >= 15 is 0 Å². The van der Waals surface area contributed by atoms with Crippen molar-refractivity contribution in [3.63, 3.8) is 0 Å². The first-order valence-corrected chi connectivity index (χ1v) is 4.68. The van der Waals surface area contributed by atoms with Crippen molar-refractivity contribution in [2.24, 2.45) is 0 Å². The molecule has 0 aliphatic carbocycles. The van der Waals surface area contributed by atoms with Crippen molar-refractivity contribution < 1.29 is 0 Å². The molecule has 0 fully saturated rings. The van der Waals surface area contributed by atoms with Gasteiger partial charge >= 0.3 is 0 Å². The third kappa shape index (κ3) is 2.48. The molecule has 67 valence electrons. The minimum atomic E-state index is 0.323. The molecule has 0 amide bonds. The van der Waals surface area contributed by atoms with Gasteiger partial charge in [0.2, 0.25) is 0 Å². The summed E-state index contributed by atoms with van der Waals surface area (Å²) in [6.07, 6.45) is 2.20. The molecule has 11 heavy (non-hydrogen) atoms. The largest absolute Gasteiger partial charge is 0.298 e. The van der Waals surface area contributed by atoms with Crippen molar-refractivity contribution >= 4 is 0 Å². The predicted molar refractivity (Wildman–Crippen MR) is 51.6 cm³/mol. The summed E-state index contributed by atoms with van der Waals surface area (Å²) in [6, 6.07) is 0. The molecule has 0 aromatic heterocycles. The monoisotopic (exact) mass is 156 g/mol. The second-order valence-electron chi connectivity index (χ2n) is 3.27. The average molecular weight is 156 g/mol. The maximum atomic E-state index is 4.00. The molecule has 0 spiro atoms. The van der Waals surface area contributed by atoms with Crippen molar-refractivity contribution in [1.29, 1.82) is 0 Å². The van der Waals surface area contributed by atoms with Crippen LogP contribution in [0.4, 0.5) is 0 Å². The Morgan fingerprint density at radius 2 is 1.64 bits per heavy atom. The lowest BCUT2D eigenvalue weighted by molar-refractivity contribution is 0.114. The van der Waals surface area contributed by atoms with Crippen LogP contribution in [0.5, 0.6) is 0 Å². The lowest BCUT2D eigenvalue weighted by Gasteiger charge is -2.39. The summed E-state index contributed by atoms with van der Waals surface area (Å²) in [5.41, 5.74) is 0.323. The average Bonchev–Trinajstić information content (AvgIpc) is 2.06. The van der Waals surface area contributed by atoms with Crippen LogP contribution in [0.15, 0.2) is 0 Å². The molecule has 1 radical (unpaired) electrons. The van der Waals surface area contributed by atoms with Gasteiger partial charge in [-0.25, -0.2) is 0 Å². The van der Waals surface area contributed by atoms with Crippen LogP contribution in [0.1, 0.15) is 40.5 Å². The first kappa shape index (κ1) is 11.0. The Kier molecular flexibility index (Phi) is 4.74. The number of hydrogen-bond acceptors (Lipinski definition) is 1. The zero-order chi connectivity index (χ0) is 8.91. The minimum absolute atomic E-state index is 0.323. The second-order valence-corrected chi connectivity index (χ2v) is 3.27. The Morgan fingerprint density at radius 3 is 1.73 bits per heavy atom. The molecule has 0 aromatic carbocycles. The summed E-state index contributed by atoms with van der Waals surface area (Å²) in [5, 5.41) is 0. The highest BCUT2D eigenvalue weighted by molar-refractivity contribution is 4.84. The Bertz CT molecular complexity index is 91.0. The van der Waals surface area contributed by atoms with Gasteiger partial charge in [-0.2, -0.15) is 0 Å². The highest BCUT2D eigenvalue weighted by Gasteiger charge is 2.25. The van der Waals surface area contributed by atoms with Crippen LogP contribution < -0.4 is 0 Å². The van der Waals surface area contributed by atoms with E-state index in [1.54, 1.807) is 0 Å². The zero-order valence-corrected chi connectivity index (χ0v) is 8.48.